The number of ether oxygens (including phenoxy) is 2. The molecule has 0 aliphatic carbocycles. The van der Waals surface area contributed by atoms with Crippen LogP contribution in [-0.2, 0) is 4.74 Å². The van der Waals surface area contributed by atoms with Gasteiger partial charge in [0.1, 0.15) is 6.33 Å². The highest BCUT2D eigenvalue weighted by atomic mass is 19.1. The molecule has 0 amide bonds. The van der Waals surface area contributed by atoms with Gasteiger partial charge in [-0.2, -0.15) is 0 Å². The number of benzene rings is 1. The normalized spacial score (nSPS) is 18.8. The Labute approximate surface area is 115 Å². The highest BCUT2D eigenvalue weighted by Crippen LogP contribution is 2.28. The Balaban J connectivity index is 1.83. The van der Waals surface area contributed by atoms with E-state index in [-0.39, 0.29) is 11.9 Å². The van der Waals surface area contributed by atoms with E-state index in [1.165, 1.54) is 24.8 Å². The summed E-state index contributed by atoms with van der Waals surface area (Å²) in [4.78, 5) is 7.66. The minimum Gasteiger partial charge on any atom is -0.451 e. The summed E-state index contributed by atoms with van der Waals surface area (Å²) >= 11 is 0. The molecule has 3 rings (SSSR count). The summed E-state index contributed by atoms with van der Waals surface area (Å²) in [6.07, 6.45) is 4.27. The molecule has 0 saturated carbocycles. The Morgan fingerprint density at radius 3 is 2.90 bits per heavy atom. The fourth-order valence-electron chi connectivity index (χ4n) is 2.04. The van der Waals surface area contributed by atoms with Crippen LogP contribution in [0.2, 0.25) is 0 Å². The maximum Gasteiger partial charge on any atom is 0.165 e. The van der Waals surface area contributed by atoms with Crippen molar-refractivity contribution in [2.75, 3.05) is 19.7 Å². The molecule has 0 bridgehead atoms. The Kier molecular flexibility index (Phi) is 3.85. The van der Waals surface area contributed by atoms with Crippen molar-refractivity contribution in [1.29, 1.82) is 0 Å². The van der Waals surface area contributed by atoms with Gasteiger partial charge in [0.25, 0.3) is 0 Å². The van der Waals surface area contributed by atoms with Crippen molar-refractivity contribution in [3.63, 3.8) is 0 Å². The maximum atomic E-state index is 13.8. The lowest BCUT2D eigenvalue weighted by molar-refractivity contribution is 0.0275. The summed E-state index contributed by atoms with van der Waals surface area (Å²) < 4.78 is 24.9. The second-order valence-electron chi connectivity index (χ2n) is 4.43. The zero-order valence-electron chi connectivity index (χ0n) is 10.8. The monoisotopic (exact) mass is 275 g/mol. The van der Waals surface area contributed by atoms with Gasteiger partial charge in [-0.25, -0.2) is 14.4 Å². The number of nitrogens with one attached hydrogen (secondary N) is 1. The molecule has 1 fully saturated rings. The van der Waals surface area contributed by atoms with E-state index in [9.17, 15) is 4.39 Å². The summed E-state index contributed by atoms with van der Waals surface area (Å²) in [7, 11) is 0. The second-order valence-corrected chi connectivity index (χ2v) is 4.43. The van der Waals surface area contributed by atoms with E-state index in [2.05, 4.69) is 15.3 Å². The first kappa shape index (κ1) is 13.0. The van der Waals surface area contributed by atoms with E-state index < -0.39 is 5.82 Å². The Morgan fingerprint density at radius 1 is 1.30 bits per heavy atom. The van der Waals surface area contributed by atoms with Gasteiger partial charge in [0.05, 0.1) is 25.1 Å². The molecule has 0 radical (unpaired) electrons. The predicted octanol–water partition coefficient (Wildman–Crippen LogP) is 2.07. The van der Waals surface area contributed by atoms with Crippen molar-refractivity contribution in [3.8, 4) is 11.5 Å². The van der Waals surface area contributed by atoms with Crippen molar-refractivity contribution in [2.45, 2.75) is 6.10 Å². The van der Waals surface area contributed by atoms with E-state index in [1.54, 1.807) is 12.1 Å². The molecule has 1 atom stereocenters. The zero-order chi connectivity index (χ0) is 13.8. The summed E-state index contributed by atoms with van der Waals surface area (Å²) in [6, 6.07) is 4.74. The van der Waals surface area contributed by atoms with Gasteiger partial charge in [0.15, 0.2) is 17.3 Å². The summed E-state index contributed by atoms with van der Waals surface area (Å²) in [5, 5.41) is 3.24. The molecule has 2 aromatic rings. The van der Waals surface area contributed by atoms with Crippen molar-refractivity contribution in [3.05, 3.63) is 48.3 Å². The van der Waals surface area contributed by atoms with Gasteiger partial charge in [-0.15, -0.1) is 0 Å². The first-order valence-electron chi connectivity index (χ1n) is 6.37. The van der Waals surface area contributed by atoms with Crippen LogP contribution in [0.25, 0.3) is 0 Å². The lowest BCUT2D eigenvalue weighted by Gasteiger charge is -2.24. The Bertz CT molecular complexity index is 574. The number of halogens is 1. The van der Waals surface area contributed by atoms with Crippen molar-refractivity contribution >= 4 is 0 Å². The SMILES string of the molecule is Fc1ccc([C@@H]2CNCCO2)cc1Oc1cncnc1. The van der Waals surface area contributed by atoms with E-state index in [0.29, 0.717) is 18.9 Å². The number of hydrogen-bond acceptors (Lipinski definition) is 5. The van der Waals surface area contributed by atoms with Gasteiger partial charge in [-0.3, -0.25) is 0 Å². The van der Waals surface area contributed by atoms with Crippen LogP contribution >= 0.6 is 0 Å². The topological polar surface area (TPSA) is 56.3 Å². The minimum atomic E-state index is -0.429. The van der Waals surface area contributed by atoms with Crippen molar-refractivity contribution < 1.29 is 13.9 Å². The molecule has 0 unspecified atom stereocenters. The van der Waals surface area contributed by atoms with Gasteiger partial charge in [0, 0.05) is 13.1 Å². The molecule has 1 aliphatic heterocycles. The average molecular weight is 275 g/mol. The molecule has 6 heteroatoms. The number of hydrogen-bond donors (Lipinski definition) is 1. The molecular weight excluding hydrogens is 261 g/mol. The third-order valence-corrected chi connectivity index (χ3v) is 3.02. The van der Waals surface area contributed by atoms with Crippen LogP contribution in [0.1, 0.15) is 11.7 Å². The molecular formula is C14H14FN3O2. The third-order valence-electron chi connectivity index (χ3n) is 3.02. The van der Waals surface area contributed by atoms with Crippen LogP contribution in [0, 0.1) is 5.82 Å². The number of aromatic nitrogens is 2. The quantitative estimate of drug-likeness (QED) is 0.929. The highest BCUT2D eigenvalue weighted by molar-refractivity contribution is 5.35. The fraction of sp³-hybridized carbons (Fsp3) is 0.286. The van der Waals surface area contributed by atoms with E-state index in [4.69, 9.17) is 9.47 Å². The first-order chi connectivity index (χ1) is 9.83. The molecule has 5 nitrogen and oxygen atoms in total. The molecule has 1 saturated heterocycles. The average Bonchev–Trinajstić information content (AvgIpc) is 2.51. The minimum absolute atomic E-state index is 0.0845. The lowest BCUT2D eigenvalue weighted by Crippen LogP contribution is -2.33. The largest absolute Gasteiger partial charge is 0.451 e. The zero-order valence-corrected chi connectivity index (χ0v) is 10.8. The van der Waals surface area contributed by atoms with Gasteiger partial charge in [0.2, 0.25) is 0 Å². The van der Waals surface area contributed by atoms with Gasteiger partial charge < -0.3 is 14.8 Å². The molecule has 1 N–H and O–H groups in total. The van der Waals surface area contributed by atoms with Crippen molar-refractivity contribution in [1.82, 2.24) is 15.3 Å². The van der Waals surface area contributed by atoms with Crippen LogP contribution in [-0.4, -0.2) is 29.7 Å². The van der Waals surface area contributed by atoms with E-state index in [0.717, 1.165) is 12.1 Å². The van der Waals surface area contributed by atoms with Crippen LogP contribution < -0.4 is 10.1 Å². The van der Waals surface area contributed by atoms with Gasteiger partial charge in [-0.05, 0) is 17.7 Å². The van der Waals surface area contributed by atoms with Crippen LogP contribution in [0.4, 0.5) is 4.39 Å². The van der Waals surface area contributed by atoms with Gasteiger partial charge in [-0.1, -0.05) is 6.07 Å². The smallest absolute Gasteiger partial charge is 0.165 e. The van der Waals surface area contributed by atoms with E-state index >= 15 is 0 Å². The Hall–Kier alpha value is -2.05. The molecule has 104 valence electrons. The predicted molar refractivity (Wildman–Crippen MR) is 70.1 cm³/mol. The summed E-state index contributed by atoms with van der Waals surface area (Å²) in [5.41, 5.74) is 0.880. The lowest BCUT2D eigenvalue weighted by atomic mass is 10.1. The Morgan fingerprint density at radius 2 is 2.15 bits per heavy atom. The first-order valence-corrected chi connectivity index (χ1v) is 6.37. The summed E-state index contributed by atoms with van der Waals surface area (Å²) in [6.45, 7) is 2.19. The fourth-order valence-corrected chi connectivity index (χ4v) is 2.04. The molecule has 1 aromatic heterocycles. The maximum absolute atomic E-state index is 13.8. The molecule has 0 spiro atoms. The standard InChI is InChI=1S/C14H14FN3O2/c15-12-2-1-10(14-8-16-3-4-19-14)5-13(12)20-11-6-17-9-18-7-11/h1-2,5-7,9,14,16H,3-4,8H2/t14-/m0/s1. The van der Waals surface area contributed by atoms with Crippen molar-refractivity contribution in [2.24, 2.45) is 0 Å². The van der Waals surface area contributed by atoms with Crippen LogP contribution in [0.15, 0.2) is 36.9 Å². The van der Waals surface area contributed by atoms with Gasteiger partial charge >= 0.3 is 0 Å². The highest BCUT2D eigenvalue weighted by Gasteiger charge is 2.17. The second kappa shape index (κ2) is 5.94. The molecule has 2 heterocycles. The van der Waals surface area contributed by atoms with Crippen LogP contribution in [0.5, 0.6) is 11.5 Å². The number of morpholine rings is 1. The number of rotatable bonds is 3. The molecule has 20 heavy (non-hydrogen) atoms. The van der Waals surface area contributed by atoms with Crippen LogP contribution in [0.3, 0.4) is 0 Å². The molecule has 1 aliphatic rings. The number of nitrogens with zero attached hydrogens (tertiary/aromatic N) is 2. The third kappa shape index (κ3) is 2.92. The van der Waals surface area contributed by atoms with E-state index in [1.807, 2.05) is 0 Å². The molecule has 1 aromatic carbocycles. The summed E-state index contributed by atoms with van der Waals surface area (Å²) in [5.74, 6) is 0.110.